The van der Waals surface area contributed by atoms with Gasteiger partial charge in [0.25, 0.3) is 0 Å². The lowest BCUT2D eigenvalue weighted by Crippen LogP contribution is -2.04. The zero-order valence-corrected chi connectivity index (χ0v) is 11.3. The number of rotatable bonds is 4. The van der Waals surface area contributed by atoms with E-state index in [0.29, 0.717) is 28.2 Å². The molecule has 0 aromatic carbocycles. The minimum absolute atomic E-state index is 0.490. The van der Waals surface area contributed by atoms with Gasteiger partial charge in [-0.15, -0.1) is 11.3 Å². The summed E-state index contributed by atoms with van der Waals surface area (Å²) in [7, 11) is 1.76. The van der Waals surface area contributed by atoms with Crippen LogP contribution >= 0.6 is 34.5 Å². The Balaban J connectivity index is 2.15. The molecule has 0 aliphatic heterocycles. The first kappa shape index (κ1) is 12.4. The van der Waals surface area contributed by atoms with Gasteiger partial charge in [-0.2, -0.15) is 0 Å². The van der Waals surface area contributed by atoms with E-state index in [4.69, 9.17) is 23.2 Å². The van der Waals surface area contributed by atoms with Crippen LogP contribution in [0.3, 0.4) is 0 Å². The number of nitrogens with one attached hydrogen (secondary N) is 2. The minimum Gasteiger partial charge on any atom is -0.372 e. The van der Waals surface area contributed by atoms with Crippen molar-refractivity contribution in [1.82, 2.24) is 9.97 Å². The molecule has 0 atom stereocenters. The molecule has 0 spiro atoms. The maximum atomic E-state index is 6.04. The Bertz CT molecular complexity index is 501. The Morgan fingerprint density at radius 1 is 1.29 bits per heavy atom. The third-order valence-electron chi connectivity index (χ3n) is 2.09. The van der Waals surface area contributed by atoms with Crippen LogP contribution in [0.1, 0.15) is 5.69 Å². The number of nitrogens with zero attached hydrogens (tertiary/aromatic N) is 2. The van der Waals surface area contributed by atoms with Gasteiger partial charge in [0.2, 0.25) is 0 Å². The van der Waals surface area contributed by atoms with Crippen molar-refractivity contribution in [3.63, 3.8) is 0 Å². The number of pyridine rings is 1. The van der Waals surface area contributed by atoms with Crippen molar-refractivity contribution in [1.29, 1.82) is 0 Å². The lowest BCUT2D eigenvalue weighted by molar-refractivity contribution is 1.05. The van der Waals surface area contributed by atoms with E-state index in [9.17, 15) is 0 Å². The SMILES string of the molecule is CNc1nc(NCc2cscn2)c(Cl)cc1Cl. The highest BCUT2D eigenvalue weighted by Crippen LogP contribution is 2.29. The lowest BCUT2D eigenvalue weighted by atomic mass is 10.4. The van der Waals surface area contributed by atoms with Crippen LogP contribution < -0.4 is 10.6 Å². The Kier molecular flexibility index (Phi) is 4.04. The van der Waals surface area contributed by atoms with E-state index in [1.807, 2.05) is 5.38 Å². The molecule has 0 aliphatic carbocycles. The largest absolute Gasteiger partial charge is 0.372 e. The van der Waals surface area contributed by atoms with Crippen molar-refractivity contribution in [3.8, 4) is 0 Å². The maximum Gasteiger partial charge on any atom is 0.147 e. The Morgan fingerprint density at radius 3 is 2.71 bits per heavy atom. The van der Waals surface area contributed by atoms with Crippen LogP contribution in [0, 0.1) is 0 Å². The number of halogens is 2. The molecular weight excluding hydrogens is 279 g/mol. The van der Waals surface area contributed by atoms with Gasteiger partial charge in [0.15, 0.2) is 0 Å². The van der Waals surface area contributed by atoms with Crippen LogP contribution in [-0.4, -0.2) is 17.0 Å². The molecular formula is C10H10Cl2N4S. The molecule has 0 fully saturated rings. The summed E-state index contributed by atoms with van der Waals surface area (Å²) in [4.78, 5) is 8.44. The average Bonchev–Trinajstić information content (AvgIpc) is 2.81. The summed E-state index contributed by atoms with van der Waals surface area (Å²) < 4.78 is 0. The van der Waals surface area contributed by atoms with E-state index in [1.165, 1.54) is 0 Å². The number of aromatic nitrogens is 2. The molecule has 0 saturated heterocycles. The molecule has 0 saturated carbocycles. The highest BCUT2D eigenvalue weighted by atomic mass is 35.5. The first-order valence-corrected chi connectivity index (χ1v) is 6.55. The van der Waals surface area contributed by atoms with Crippen molar-refractivity contribution >= 4 is 46.2 Å². The van der Waals surface area contributed by atoms with Crippen molar-refractivity contribution in [2.24, 2.45) is 0 Å². The maximum absolute atomic E-state index is 6.04. The topological polar surface area (TPSA) is 49.8 Å². The minimum atomic E-state index is 0.490. The van der Waals surface area contributed by atoms with Gasteiger partial charge in [-0.05, 0) is 6.07 Å². The predicted octanol–water partition coefficient (Wildman–Crippen LogP) is 3.50. The van der Waals surface area contributed by atoms with Gasteiger partial charge in [-0.3, -0.25) is 0 Å². The van der Waals surface area contributed by atoms with E-state index in [-0.39, 0.29) is 0 Å². The average molecular weight is 289 g/mol. The molecule has 2 heterocycles. The molecule has 2 aromatic heterocycles. The van der Waals surface area contributed by atoms with Gasteiger partial charge >= 0.3 is 0 Å². The summed E-state index contributed by atoms with van der Waals surface area (Å²) in [5, 5.41) is 8.98. The van der Waals surface area contributed by atoms with Gasteiger partial charge in [0.1, 0.15) is 11.6 Å². The molecule has 2 rings (SSSR count). The molecule has 0 aliphatic rings. The second kappa shape index (κ2) is 5.53. The first-order valence-electron chi connectivity index (χ1n) is 4.85. The van der Waals surface area contributed by atoms with E-state index in [1.54, 1.807) is 30.0 Å². The van der Waals surface area contributed by atoms with Gasteiger partial charge < -0.3 is 10.6 Å². The van der Waals surface area contributed by atoms with Crippen LogP contribution in [0.5, 0.6) is 0 Å². The summed E-state index contributed by atoms with van der Waals surface area (Å²) in [6.45, 7) is 0.584. The van der Waals surface area contributed by atoms with Crippen LogP contribution in [0.15, 0.2) is 17.0 Å². The normalized spacial score (nSPS) is 10.3. The predicted molar refractivity (Wildman–Crippen MR) is 73.2 cm³/mol. The van der Waals surface area contributed by atoms with E-state index in [2.05, 4.69) is 20.6 Å². The fourth-order valence-electron chi connectivity index (χ4n) is 1.26. The van der Waals surface area contributed by atoms with Gasteiger partial charge in [-0.25, -0.2) is 9.97 Å². The summed E-state index contributed by atoms with van der Waals surface area (Å²) in [5.74, 6) is 1.19. The summed E-state index contributed by atoms with van der Waals surface area (Å²) in [6.07, 6.45) is 0. The molecule has 0 unspecified atom stereocenters. The molecule has 2 N–H and O–H groups in total. The zero-order valence-electron chi connectivity index (χ0n) is 9.00. The second-order valence-corrected chi connectivity index (χ2v) is 4.77. The number of anilines is 2. The fraction of sp³-hybridized carbons (Fsp3) is 0.200. The molecule has 90 valence electrons. The van der Waals surface area contributed by atoms with E-state index in [0.717, 1.165) is 5.69 Å². The highest BCUT2D eigenvalue weighted by Gasteiger charge is 2.08. The van der Waals surface area contributed by atoms with Crippen LogP contribution in [0.2, 0.25) is 10.0 Å². The molecule has 0 radical (unpaired) electrons. The van der Waals surface area contributed by atoms with Gasteiger partial charge in [0.05, 0.1) is 27.8 Å². The lowest BCUT2D eigenvalue weighted by Gasteiger charge is -2.09. The highest BCUT2D eigenvalue weighted by molar-refractivity contribution is 7.07. The van der Waals surface area contributed by atoms with E-state index >= 15 is 0 Å². The smallest absolute Gasteiger partial charge is 0.147 e. The number of hydrogen-bond acceptors (Lipinski definition) is 5. The molecule has 0 amide bonds. The Hall–Kier alpha value is -1.04. The van der Waals surface area contributed by atoms with Crippen LogP contribution in [-0.2, 0) is 6.54 Å². The molecule has 0 bridgehead atoms. The van der Waals surface area contributed by atoms with Crippen molar-refractivity contribution in [2.45, 2.75) is 6.54 Å². The number of hydrogen-bond donors (Lipinski definition) is 2. The van der Waals surface area contributed by atoms with Crippen LogP contribution in [0.4, 0.5) is 11.6 Å². The zero-order chi connectivity index (χ0) is 12.3. The molecule has 7 heteroatoms. The second-order valence-electron chi connectivity index (χ2n) is 3.23. The summed E-state index contributed by atoms with van der Waals surface area (Å²) >= 11 is 13.5. The Labute approximate surface area is 113 Å². The summed E-state index contributed by atoms with van der Waals surface area (Å²) in [6, 6.07) is 1.66. The van der Waals surface area contributed by atoms with Crippen LogP contribution in [0.25, 0.3) is 0 Å². The molecule has 4 nitrogen and oxygen atoms in total. The van der Waals surface area contributed by atoms with E-state index < -0.39 is 0 Å². The van der Waals surface area contributed by atoms with Crippen molar-refractivity contribution < 1.29 is 0 Å². The quantitative estimate of drug-likeness (QED) is 0.904. The third kappa shape index (κ3) is 3.00. The Morgan fingerprint density at radius 2 is 2.06 bits per heavy atom. The molecule has 2 aromatic rings. The van der Waals surface area contributed by atoms with Crippen molar-refractivity contribution in [2.75, 3.05) is 17.7 Å². The summed E-state index contributed by atoms with van der Waals surface area (Å²) in [5.41, 5.74) is 2.74. The van der Waals surface area contributed by atoms with Crippen molar-refractivity contribution in [3.05, 3.63) is 32.7 Å². The van der Waals surface area contributed by atoms with Gasteiger partial charge in [0, 0.05) is 12.4 Å². The first-order chi connectivity index (χ1) is 8.20. The fourth-order valence-corrected chi connectivity index (χ4v) is 2.34. The third-order valence-corrected chi connectivity index (χ3v) is 3.30. The molecule has 17 heavy (non-hydrogen) atoms. The van der Waals surface area contributed by atoms with Gasteiger partial charge in [-0.1, -0.05) is 23.2 Å². The monoisotopic (exact) mass is 288 g/mol. The standard InChI is InChI=1S/C10H10Cl2N4S/c1-13-9-7(11)2-8(12)10(16-9)14-3-6-4-17-5-15-6/h2,4-5H,3H2,1H3,(H2,13,14,16). The number of thiazole rings is 1.